The number of hydrogen-bond acceptors (Lipinski definition) is 2. The molecular weight excluding hydrogens is 224 g/mol. The van der Waals surface area contributed by atoms with Crippen LogP contribution in [-0.4, -0.2) is 24.5 Å². The van der Waals surface area contributed by atoms with E-state index in [1.54, 1.807) is 0 Å². The molecule has 0 spiro atoms. The summed E-state index contributed by atoms with van der Waals surface area (Å²) < 4.78 is 0. The summed E-state index contributed by atoms with van der Waals surface area (Å²) in [6.07, 6.45) is 7.16. The molecule has 1 aliphatic carbocycles. The van der Waals surface area contributed by atoms with Gasteiger partial charge in [-0.05, 0) is 38.0 Å². The monoisotopic (exact) mass is 254 g/mol. The number of carbonyl (C=O) groups is 1. The first-order valence-electron chi connectivity index (χ1n) is 7.45. The SMILES string of the molecule is CCCC(C)NC(=O)CNC1CCCC(C)(C)C1. The summed E-state index contributed by atoms with van der Waals surface area (Å²) in [6.45, 7) is 9.33. The van der Waals surface area contributed by atoms with Crippen LogP contribution in [0.1, 0.15) is 66.2 Å². The van der Waals surface area contributed by atoms with Crippen LogP contribution in [0.5, 0.6) is 0 Å². The summed E-state index contributed by atoms with van der Waals surface area (Å²) in [7, 11) is 0. The maximum Gasteiger partial charge on any atom is 0.234 e. The predicted octanol–water partition coefficient (Wildman–Crippen LogP) is 2.85. The highest BCUT2D eigenvalue weighted by atomic mass is 16.1. The van der Waals surface area contributed by atoms with Crippen molar-refractivity contribution in [1.29, 1.82) is 0 Å². The molecule has 1 saturated carbocycles. The van der Waals surface area contributed by atoms with Gasteiger partial charge in [0.25, 0.3) is 0 Å². The Morgan fingerprint density at radius 2 is 2.17 bits per heavy atom. The largest absolute Gasteiger partial charge is 0.353 e. The molecule has 0 radical (unpaired) electrons. The van der Waals surface area contributed by atoms with Crippen LogP contribution >= 0.6 is 0 Å². The highest BCUT2D eigenvalue weighted by Gasteiger charge is 2.27. The van der Waals surface area contributed by atoms with Crippen molar-refractivity contribution in [3.05, 3.63) is 0 Å². The van der Waals surface area contributed by atoms with Crippen LogP contribution < -0.4 is 10.6 Å². The zero-order chi connectivity index (χ0) is 13.6. The number of hydrogen-bond donors (Lipinski definition) is 2. The van der Waals surface area contributed by atoms with Crippen molar-refractivity contribution in [3.8, 4) is 0 Å². The van der Waals surface area contributed by atoms with Crippen molar-refractivity contribution in [2.45, 2.75) is 78.3 Å². The molecule has 2 unspecified atom stereocenters. The van der Waals surface area contributed by atoms with Crippen molar-refractivity contribution >= 4 is 5.91 Å². The second kappa shape index (κ2) is 7.13. The molecule has 0 aromatic carbocycles. The van der Waals surface area contributed by atoms with Crippen molar-refractivity contribution in [3.63, 3.8) is 0 Å². The summed E-state index contributed by atoms with van der Waals surface area (Å²) in [5.41, 5.74) is 0.432. The Balaban J connectivity index is 2.22. The van der Waals surface area contributed by atoms with Crippen LogP contribution in [-0.2, 0) is 4.79 Å². The predicted molar refractivity (Wildman–Crippen MR) is 76.6 cm³/mol. The fourth-order valence-electron chi connectivity index (χ4n) is 2.94. The molecule has 1 amide bonds. The van der Waals surface area contributed by atoms with Crippen molar-refractivity contribution in [1.82, 2.24) is 10.6 Å². The highest BCUT2D eigenvalue weighted by Crippen LogP contribution is 2.34. The molecule has 0 aromatic heterocycles. The Kier molecular flexibility index (Phi) is 6.13. The van der Waals surface area contributed by atoms with Crippen LogP contribution in [0.3, 0.4) is 0 Å². The Bertz CT molecular complexity index is 263. The third-order valence-electron chi connectivity index (χ3n) is 3.89. The lowest BCUT2D eigenvalue weighted by molar-refractivity contribution is -0.121. The van der Waals surface area contributed by atoms with E-state index < -0.39 is 0 Å². The molecule has 2 N–H and O–H groups in total. The smallest absolute Gasteiger partial charge is 0.234 e. The van der Waals surface area contributed by atoms with E-state index in [-0.39, 0.29) is 5.91 Å². The molecular formula is C15H30N2O. The molecule has 18 heavy (non-hydrogen) atoms. The van der Waals surface area contributed by atoms with Crippen LogP contribution in [0.4, 0.5) is 0 Å². The quantitative estimate of drug-likeness (QED) is 0.765. The van der Waals surface area contributed by atoms with E-state index in [1.165, 1.54) is 25.7 Å². The van der Waals surface area contributed by atoms with Crippen molar-refractivity contribution < 1.29 is 4.79 Å². The average molecular weight is 254 g/mol. The van der Waals surface area contributed by atoms with E-state index in [0.29, 0.717) is 24.0 Å². The lowest BCUT2D eigenvalue weighted by Gasteiger charge is -2.35. The van der Waals surface area contributed by atoms with Crippen LogP contribution in [0, 0.1) is 5.41 Å². The summed E-state index contributed by atoms with van der Waals surface area (Å²) in [4.78, 5) is 11.8. The number of amides is 1. The molecule has 3 heteroatoms. The minimum atomic E-state index is 0.138. The minimum absolute atomic E-state index is 0.138. The molecule has 0 bridgehead atoms. The lowest BCUT2D eigenvalue weighted by Crippen LogP contribution is -2.44. The maximum absolute atomic E-state index is 11.8. The average Bonchev–Trinajstić information content (AvgIpc) is 2.25. The number of carbonyl (C=O) groups excluding carboxylic acids is 1. The zero-order valence-electron chi connectivity index (χ0n) is 12.5. The molecule has 0 aliphatic heterocycles. The van der Waals surface area contributed by atoms with E-state index in [1.807, 2.05) is 0 Å². The van der Waals surface area contributed by atoms with Gasteiger partial charge in [-0.1, -0.05) is 33.6 Å². The van der Waals surface area contributed by atoms with E-state index in [2.05, 4.69) is 38.3 Å². The number of nitrogens with one attached hydrogen (secondary N) is 2. The van der Waals surface area contributed by atoms with Crippen LogP contribution in [0.2, 0.25) is 0 Å². The van der Waals surface area contributed by atoms with Gasteiger partial charge in [0.05, 0.1) is 6.54 Å². The highest BCUT2D eigenvalue weighted by molar-refractivity contribution is 5.78. The Labute approximate surface area is 112 Å². The Hall–Kier alpha value is -0.570. The van der Waals surface area contributed by atoms with Crippen LogP contribution in [0.25, 0.3) is 0 Å². The van der Waals surface area contributed by atoms with Gasteiger partial charge in [-0.15, -0.1) is 0 Å². The third kappa shape index (κ3) is 5.85. The first kappa shape index (κ1) is 15.5. The maximum atomic E-state index is 11.8. The molecule has 1 aliphatic rings. The molecule has 3 nitrogen and oxygen atoms in total. The molecule has 0 saturated heterocycles. The third-order valence-corrected chi connectivity index (χ3v) is 3.89. The minimum Gasteiger partial charge on any atom is -0.353 e. The van der Waals surface area contributed by atoms with Crippen molar-refractivity contribution in [2.75, 3.05) is 6.54 Å². The van der Waals surface area contributed by atoms with Crippen LogP contribution in [0.15, 0.2) is 0 Å². The van der Waals surface area contributed by atoms with E-state index in [9.17, 15) is 4.79 Å². The molecule has 1 rings (SSSR count). The molecule has 106 valence electrons. The van der Waals surface area contributed by atoms with Gasteiger partial charge in [0.2, 0.25) is 5.91 Å². The second-order valence-corrected chi connectivity index (χ2v) is 6.60. The second-order valence-electron chi connectivity index (χ2n) is 6.60. The Morgan fingerprint density at radius 3 is 2.78 bits per heavy atom. The van der Waals surface area contributed by atoms with Gasteiger partial charge in [-0.2, -0.15) is 0 Å². The standard InChI is InChI=1S/C15H30N2O/c1-5-7-12(2)17-14(18)11-16-13-8-6-9-15(3,4)10-13/h12-13,16H,5-11H2,1-4H3,(H,17,18). The first-order valence-corrected chi connectivity index (χ1v) is 7.45. The summed E-state index contributed by atoms with van der Waals surface area (Å²) >= 11 is 0. The normalized spacial score (nSPS) is 24.6. The van der Waals surface area contributed by atoms with Gasteiger partial charge in [0.1, 0.15) is 0 Å². The van der Waals surface area contributed by atoms with E-state index in [0.717, 1.165) is 12.8 Å². The van der Waals surface area contributed by atoms with Crippen molar-refractivity contribution in [2.24, 2.45) is 5.41 Å². The molecule has 0 aromatic rings. The summed E-state index contributed by atoms with van der Waals surface area (Å²) in [6, 6.07) is 0.813. The zero-order valence-corrected chi connectivity index (χ0v) is 12.5. The first-order chi connectivity index (χ1) is 8.43. The molecule has 2 atom stereocenters. The fraction of sp³-hybridized carbons (Fsp3) is 0.933. The fourth-order valence-corrected chi connectivity index (χ4v) is 2.94. The molecule has 0 heterocycles. The summed E-state index contributed by atoms with van der Waals surface area (Å²) in [5.74, 6) is 0.138. The Morgan fingerprint density at radius 1 is 1.44 bits per heavy atom. The van der Waals surface area contributed by atoms with Gasteiger partial charge < -0.3 is 10.6 Å². The van der Waals surface area contributed by atoms with E-state index >= 15 is 0 Å². The molecule has 1 fully saturated rings. The number of rotatable bonds is 6. The van der Waals surface area contributed by atoms with Gasteiger partial charge >= 0.3 is 0 Å². The van der Waals surface area contributed by atoms with E-state index in [4.69, 9.17) is 0 Å². The van der Waals surface area contributed by atoms with Gasteiger partial charge in [-0.25, -0.2) is 0 Å². The lowest BCUT2D eigenvalue weighted by atomic mass is 9.75. The summed E-state index contributed by atoms with van der Waals surface area (Å²) in [5, 5.41) is 6.45. The van der Waals surface area contributed by atoms with Gasteiger partial charge in [0.15, 0.2) is 0 Å². The van der Waals surface area contributed by atoms with Gasteiger partial charge in [-0.3, -0.25) is 4.79 Å². The topological polar surface area (TPSA) is 41.1 Å². The van der Waals surface area contributed by atoms with Gasteiger partial charge in [0, 0.05) is 12.1 Å².